The standard InChI is InChI=1S/C21H23ClFN5O/c22-20-9-18-14(11-25-20)2-1-3-19(18)26-16-4-6-27(7-5-16)13-21(29)28-12-15(23)8-17(28)10-24/h1-3,9,11,15-17,26H,4-8,12-13H2/t15-,17?/m0/s1. The number of benzene rings is 1. The Kier molecular flexibility index (Phi) is 5.84. The molecule has 1 amide bonds. The van der Waals surface area contributed by atoms with Crippen molar-refractivity contribution in [2.45, 2.75) is 37.5 Å². The van der Waals surface area contributed by atoms with Crippen molar-refractivity contribution >= 4 is 34.0 Å². The fourth-order valence-corrected chi connectivity index (χ4v) is 4.35. The topological polar surface area (TPSA) is 72.3 Å². The Morgan fingerprint density at radius 2 is 2.17 bits per heavy atom. The lowest BCUT2D eigenvalue weighted by Gasteiger charge is -2.33. The number of halogens is 2. The molecule has 0 aliphatic carbocycles. The molecule has 0 bridgehead atoms. The molecule has 1 aromatic carbocycles. The number of nitrogens with one attached hydrogen (secondary N) is 1. The minimum absolute atomic E-state index is 0.0353. The summed E-state index contributed by atoms with van der Waals surface area (Å²) in [5, 5.41) is 15.3. The SMILES string of the molecule is N#CC1C[C@H](F)CN1C(=O)CN1CCC(Nc2cccc3cnc(Cl)cc23)CC1. The predicted molar refractivity (Wildman–Crippen MR) is 110 cm³/mol. The number of hydrogen-bond acceptors (Lipinski definition) is 5. The van der Waals surface area contributed by atoms with Gasteiger partial charge in [0.15, 0.2) is 0 Å². The lowest BCUT2D eigenvalue weighted by atomic mass is 10.0. The molecule has 0 saturated carbocycles. The number of likely N-dealkylation sites (tertiary alicyclic amines) is 2. The van der Waals surface area contributed by atoms with Crippen LogP contribution in [0.5, 0.6) is 0 Å². The summed E-state index contributed by atoms with van der Waals surface area (Å²) < 4.78 is 13.6. The number of alkyl halides is 1. The van der Waals surface area contributed by atoms with Gasteiger partial charge in [0.05, 0.1) is 19.2 Å². The van der Waals surface area contributed by atoms with Gasteiger partial charge in [-0.25, -0.2) is 9.37 Å². The van der Waals surface area contributed by atoms with Crippen LogP contribution in [0.3, 0.4) is 0 Å². The van der Waals surface area contributed by atoms with Crippen molar-refractivity contribution < 1.29 is 9.18 Å². The molecule has 2 aliphatic rings. The van der Waals surface area contributed by atoms with Gasteiger partial charge in [-0.1, -0.05) is 23.7 Å². The van der Waals surface area contributed by atoms with Crippen LogP contribution in [0.2, 0.25) is 5.15 Å². The second kappa shape index (κ2) is 8.52. The maximum absolute atomic E-state index is 13.6. The quantitative estimate of drug-likeness (QED) is 0.776. The number of nitriles is 1. The number of pyridine rings is 1. The van der Waals surface area contributed by atoms with Crippen LogP contribution >= 0.6 is 11.6 Å². The average Bonchev–Trinajstić information content (AvgIpc) is 3.11. The second-order valence-electron chi connectivity index (χ2n) is 7.75. The van der Waals surface area contributed by atoms with E-state index >= 15 is 0 Å². The molecule has 1 aromatic heterocycles. The van der Waals surface area contributed by atoms with E-state index in [4.69, 9.17) is 16.9 Å². The lowest BCUT2D eigenvalue weighted by molar-refractivity contribution is -0.132. The number of rotatable bonds is 4. The molecular weight excluding hydrogens is 393 g/mol. The lowest BCUT2D eigenvalue weighted by Crippen LogP contribution is -2.46. The van der Waals surface area contributed by atoms with Crippen molar-refractivity contribution in [1.82, 2.24) is 14.8 Å². The van der Waals surface area contributed by atoms with Gasteiger partial charge in [-0.3, -0.25) is 9.69 Å². The van der Waals surface area contributed by atoms with E-state index in [-0.39, 0.29) is 25.4 Å². The van der Waals surface area contributed by atoms with E-state index in [1.807, 2.05) is 30.3 Å². The summed E-state index contributed by atoms with van der Waals surface area (Å²) >= 11 is 6.06. The van der Waals surface area contributed by atoms with Crippen LogP contribution in [-0.2, 0) is 4.79 Å². The summed E-state index contributed by atoms with van der Waals surface area (Å²) in [4.78, 5) is 20.1. The molecule has 152 valence electrons. The van der Waals surface area contributed by atoms with Crippen LogP contribution in [0.1, 0.15) is 19.3 Å². The fraction of sp³-hybridized carbons (Fsp3) is 0.476. The molecule has 29 heavy (non-hydrogen) atoms. The molecule has 0 radical (unpaired) electrons. The Labute approximate surface area is 174 Å². The van der Waals surface area contributed by atoms with Crippen LogP contribution in [-0.4, -0.2) is 65.1 Å². The highest BCUT2D eigenvalue weighted by atomic mass is 35.5. The number of hydrogen-bond donors (Lipinski definition) is 1. The van der Waals surface area contributed by atoms with Crippen LogP contribution in [0.15, 0.2) is 30.5 Å². The summed E-state index contributed by atoms with van der Waals surface area (Å²) in [6.07, 6.45) is 2.60. The normalized spacial score (nSPS) is 23.3. The molecule has 0 spiro atoms. The van der Waals surface area contributed by atoms with Gasteiger partial charge in [-0.05, 0) is 25.0 Å². The molecule has 2 aromatic rings. The molecule has 2 atom stereocenters. The van der Waals surface area contributed by atoms with Crippen molar-refractivity contribution in [2.75, 3.05) is 31.5 Å². The number of amides is 1. The summed E-state index contributed by atoms with van der Waals surface area (Å²) in [6, 6.07) is 9.61. The molecule has 1 N–H and O–H groups in total. The third-order valence-electron chi connectivity index (χ3n) is 5.76. The minimum atomic E-state index is -1.09. The van der Waals surface area contributed by atoms with E-state index in [1.54, 1.807) is 6.20 Å². The van der Waals surface area contributed by atoms with Crippen LogP contribution < -0.4 is 5.32 Å². The molecule has 2 aliphatic heterocycles. The molecule has 3 heterocycles. The summed E-state index contributed by atoms with van der Waals surface area (Å²) in [6.45, 7) is 1.84. The van der Waals surface area contributed by atoms with E-state index in [0.29, 0.717) is 11.2 Å². The number of carbonyl (C=O) groups excluding carboxylic acids is 1. The van der Waals surface area contributed by atoms with Gasteiger partial charge in [0, 0.05) is 48.2 Å². The van der Waals surface area contributed by atoms with Crippen molar-refractivity contribution in [3.8, 4) is 6.07 Å². The van der Waals surface area contributed by atoms with Crippen molar-refractivity contribution in [3.63, 3.8) is 0 Å². The first kappa shape index (κ1) is 19.9. The number of nitrogens with zero attached hydrogens (tertiary/aromatic N) is 4. The second-order valence-corrected chi connectivity index (χ2v) is 8.14. The number of piperidine rings is 1. The number of fused-ring (bicyclic) bond motifs is 1. The monoisotopic (exact) mass is 415 g/mol. The van der Waals surface area contributed by atoms with Crippen LogP contribution in [0.25, 0.3) is 10.8 Å². The van der Waals surface area contributed by atoms with Gasteiger partial charge in [0.25, 0.3) is 0 Å². The third-order valence-corrected chi connectivity index (χ3v) is 5.96. The van der Waals surface area contributed by atoms with Gasteiger partial charge in [0.2, 0.25) is 5.91 Å². The molecule has 4 rings (SSSR count). The highest BCUT2D eigenvalue weighted by molar-refractivity contribution is 6.30. The highest BCUT2D eigenvalue weighted by Gasteiger charge is 2.36. The van der Waals surface area contributed by atoms with Gasteiger partial charge < -0.3 is 10.2 Å². The predicted octanol–water partition coefficient (Wildman–Crippen LogP) is 3.23. The smallest absolute Gasteiger partial charge is 0.237 e. The van der Waals surface area contributed by atoms with E-state index < -0.39 is 12.2 Å². The molecule has 8 heteroatoms. The van der Waals surface area contributed by atoms with E-state index in [1.165, 1.54) is 4.90 Å². The van der Waals surface area contributed by atoms with E-state index in [9.17, 15) is 9.18 Å². The fourth-order valence-electron chi connectivity index (χ4n) is 4.19. The maximum atomic E-state index is 13.6. The maximum Gasteiger partial charge on any atom is 0.237 e. The van der Waals surface area contributed by atoms with Crippen molar-refractivity contribution in [2.24, 2.45) is 0 Å². The first-order chi connectivity index (χ1) is 14.0. The number of anilines is 1. The van der Waals surface area contributed by atoms with Gasteiger partial charge >= 0.3 is 0 Å². The zero-order valence-corrected chi connectivity index (χ0v) is 16.8. The molecular formula is C21H23ClFN5O. The summed E-state index contributed by atoms with van der Waals surface area (Å²) in [7, 11) is 0. The first-order valence-corrected chi connectivity index (χ1v) is 10.3. The van der Waals surface area contributed by atoms with Gasteiger partial charge in [-0.15, -0.1) is 0 Å². The Bertz CT molecular complexity index is 940. The van der Waals surface area contributed by atoms with E-state index in [2.05, 4.69) is 15.2 Å². The Hall–Kier alpha value is -2.43. The van der Waals surface area contributed by atoms with Crippen LogP contribution in [0, 0.1) is 11.3 Å². The zero-order chi connectivity index (χ0) is 20.4. The van der Waals surface area contributed by atoms with E-state index in [0.717, 1.165) is 42.4 Å². The molecule has 2 fully saturated rings. The zero-order valence-electron chi connectivity index (χ0n) is 16.0. The Morgan fingerprint density at radius 1 is 1.38 bits per heavy atom. The Balaban J connectivity index is 1.33. The van der Waals surface area contributed by atoms with Crippen LogP contribution in [0.4, 0.5) is 10.1 Å². The number of carbonyl (C=O) groups is 1. The summed E-state index contributed by atoms with van der Waals surface area (Å²) in [5.74, 6) is -0.153. The van der Waals surface area contributed by atoms with Crippen molar-refractivity contribution in [3.05, 3.63) is 35.6 Å². The van der Waals surface area contributed by atoms with Gasteiger partial charge in [-0.2, -0.15) is 5.26 Å². The Morgan fingerprint density at radius 3 is 2.93 bits per heavy atom. The van der Waals surface area contributed by atoms with Gasteiger partial charge in [0.1, 0.15) is 17.4 Å². The van der Waals surface area contributed by atoms with Crippen molar-refractivity contribution in [1.29, 1.82) is 5.26 Å². The minimum Gasteiger partial charge on any atom is -0.382 e. The number of aromatic nitrogens is 1. The molecule has 2 saturated heterocycles. The average molecular weight is 416 g/mol. The first-order valence-electron chi connectivity index (χ1n) is 9.90. The molecule has 6 nitrogen and oxygen atoms in total. The molecule has 1 unspecified atom stereocenters. The third kappa shape index (κ3) is 4.44. The largest absolute Gasteiger partial charge is 0.382 e. The summed E-state index contributed by atoms with van der Waals surface area (Å²) in [5.41, 5.74) is 1.03. The highest BCUT2D eigenvalue weighted by Crippen LogP contribution is 2.27.